The lowest BCUT2D eigenvalue weighted by Gasteiger charge is -2.30. The maximum atomic E-state index is 13.6. The Hall–Kier alpha value is -1.13. The first kappa shape index (κ1) is 20.9. The topological polar surface area (TPSA) is 44.5 Å². The summed E-state index contributed by atoms with van der Waals surface area (Å²) in [5.74, 6) is -0.0660. The van der Waals surface area contributed by atoms with E-state index < -0.39 is 5.60 Å². The molecule has 0 heterocycles. The van der Waals surface area contributed by atoms with Crippen LogP contribution in [0.3, 0.4) is 0 Å². The van der Waals surface area contributed by atoms with Crippen LogP contribution in [0.4, 0.5) is 4.39 Å². The summed E-state index contributed by atoms with van der Waals surface area (Å²) in [7, 11) is 0. The Morgan fingerprint density at radius 1 is 1.00 bits per heavy atom. The zero-order valence-corrected chi connectivity index (χ0v) is 14.9. The molecule has 0 radical (unpaired) electrons. The fourth-order valence-corrected chi connectivity index (χ4v) is 1.87. The van der Waals surface area contributed by atoms with Crippen LogP contribution in [0, 0.1) is 5.82 Å². The Kier molecular flexibility index (Phi) is 9.30. The molecule has 0 bridgehead atoms. The molecule has 0 amide bonds. The first-order chi connectivity index (χ1) is 10.3. The number of ether oxygens (including phenoxy) is 2. The van der Waals surface area contributed by atoms with Gasteiger partial charge < -0.3 is 15.2 Å². The third-order valence-corrected chi connectivity index (χ3v) is 3.17. The number of halogens is 1. The minimum atomic E-state index is -0.485. The van der Waals surface area contributed by atoms with Crippen LogP contribution in [0.2, 0.25) is 0 Å². The largest absolute Gasteiger partial charge is 0.485 e. The van der Waals surface area contributed by atoms with E-state index in [1.165, 1.54) is 6.07 Å². The van der Waals surface area contributed by atoms with E-state index in [0.717, 1.165) is 6.42 Å². The van der Waals surface area contributed by atoms with E-state index in [0.29, 0.717) is 19.6 Å². The highest BCUT2D eigenvalue weighted by atomic mass is 19.1. The van der Waals surface area contributed by atoms with E-state index >= 15 is 0 Å². The lowest BCUT2D eigenvalue weighted by Crippen LogP contribution is -2.34. The summed E-state index contributed by atoms with van der Waals surface area (Å²) in [4.78, 5) is 0. The molecule has 0 fully saturated rings. The summed E-state index contributed by atoms with van der Waals surface area (Å²) >= 11 is 0. The lowest BCUT2D eigenvalue weighted by atomic mass is 10.0. The van der Waals surface area contributed by atoms with E-state index in [4.69, 9.17) is 15.2 Å². The van der Waals surface area contributed by atoms with Crippen molar-refractivity contribution in [1.82, 2.24) is 0 Å². The highest BCUT2D eigenvalue weighted by Gasteiger charge is 2.24. The van der Waals surface area contributed by atoms with Crippen LogP contribution in [0.25, 0.3) is 0 Å². The standard InChI is InChI=1S/C16H26FNO2.C2H6/c1-15(2,9-11-18)19-12-10-16(3,4)20-14-8-6-5-7-13(14)17;1-2/h5-8H,9-12,18H2,1-4H3;1-2H3. The molecule has 1 rings (SSSR count). The van der Waals surface area contributed by atoms with Gasteiger partial charge >= 0.3 is 0 Å². The van der Waals surface area contributed by atoms with Gasteiger partial charge in [0, 0.05) is 6.42 Å². The van der Waals surface area contributed by atoms with E-state index in [9.17, 15) is 4.39 Å². The van der Waals surface area contributed by atoms with Crippen LogP contribution in [-0.2, 0) is 4.74 Å². The van der Waals surface area contributed by atoms with Crippen molar-refractivity contribution >= 4 is 0 Å². The molecule has 1 aromatic carbocycles. The van der Waals surface area contributed by atoms with Crippen LogP contribution in [0.1, 0.15) is 54.4 Å². The third-order valence-electron chi connectivity index (χ3n) is 3.17. The molecule has 22 heavy (non-hydrogen) atoms. The Morgan fingerprint density at radius 3 is 2.14 bits per heavy atom. The van der Waals surface area contributed by atoms with Crippen LogP contribution in [-0.4, -0.2) is 24.4 Å². The summed E-state index contributed by atoms with van der Waals surface area (Å²) in [5.41, 5.74) is 4.83. The summed E-state index contributed by atoms with van der Waals surface area (Å²) in [6.45, 7) is 13.0. The molecule has 1 aromatic rings. The predicted molar refractivity (Wildman–Crippen MR) is 90.8 cm³/mol. The van der Waals surface area contributed by atoms with Gasteiger partial charge in [0.15, 0.2) is 11.6 Å². The predicted octanol–water partition coefficient (Wildman–Crippen LogP) is 4.54. The van der Waals surface area contributed by atoms with Crippen LogP contribution >= 0.6 is 0 Å². The Morgan fingerprint density at radius 2 is 1.59 bits per heavy atom. The molecule has 128 valence electrons. The van der Waals surface area contributed by atoms with Gasteiger partial charge in [0.2, 0.25) is 0 Å². The average Bonchev–Trinajstić information content (AvgIpc) is 2.43. The van der Waals surface area contributed by atoms with Crippen LogP contribution < -0.4 is 10.5 Å². The molecule has 0 aliphatic heterocycles. The molecule has 0 unspecified atom stereocenters. The lowest BCUT2D eigenvalue weighted by molar-refractivity contribution is -0.0439. The van der Waals surface area contributed by atoms with Gasteiger partial charge in [0.05, 0.1) is 12.2 Å². The van der Waals surface area contributed by atoms with Crippen molar-refractivity contribution in [3.63, 3.8) is 0 Å². The summed E-state index contributed by atoms with van der Waals surface area (Å²) in [6, 6.07) is 6.44. The molecule has 0 spiro atoms. The van der Waals surface area contributed by atoms with Gasteiger partial charge in [0.1, 0.15) is 5.60 Å². The van der Waals surface area contributed by atoms with Gasteiger partial charge in [-0.15, -0.1) is 0 Å². The van der Waals surface area contributed by atoms with E-state index in [-0.39, 0.29) is 17.2 Å². The zero-order valence-electron chi connectivity index (χ0n) is 14.9. The van der Waals surface area contributed by atoms with Crippen molar-refractivity contribution in [3.05, 3.63) is 30.1 Å². The van der Waals surface area contributed by atoms with Crippen LogP contribution in [0.15, 0.2) is 24.3 Å². The minimum Gasteiger partial charge on any atom is -0.485 e. The second-order valence-corrected chi connectivity index (χ2v) is 6.19. The normalized spacial score (nSPS) is 11.6. The highest BCUT2D eigenvalue weighted by Crippen LogP contribution is 2.24. The summed E-state index contributed by atoms with van der Waals surface area (Å²) in [5, 5.41) is 0. The fraction of sp³-hybridized carbons (Fsp3) is 0.667. The Balaban J connectivity index is 0.00000211. The fourth-order valence-electron chi connectivity index (χ4n) is 1.87. The van der Waals surface area contributed by atoms with Gasteiger partial charge in [-0.25, -0.2) is 4.39 Å². The maximum Gasteiger partial charge on any atom is 0.165 e. The van der Waals surface area contributed by atoms with Crippen molar-refractivity contribution in [2.45, 2.75) is 65.6 Å². The summed E-state index contributed by atoms with van der Waals surface area (Å²) in [6.07, 6.45) is 1.48. The number of para-hydroxylation sites is 1. The van der Waals surface area contributed by atoms with E-state index in [1.54, 1.807) is 18.2 Å². The second kappa shape index (κ2) is 9.80. The van der Waals surface area contributed by atoms with E-state index in [2.05, 4.69) is 0 Å². The van der Waals surface area contributed by atoms with Gasteiger partial charge in [0.25, 0.3) is 0 Å². The molecule has 0 aliphatic rings. The number of benzene rings is 1. The van der Waals surface area contributed by atoms with Gasteiger partial charge in [-0.2, -0.15) is 0 Å². The molecule has 0 aromatic heterocycles. The quantitative estimate of drug-likeness (QED) is 0.766. The molecule has 0 atom stereocenters. The van der Waals surface area contributed by atoms with Gasteiger partial charge in [-0.05, 0) is 52.8 Å². The number of hydrogen-bond donors (Lipinski definition) is 1. The molecular formula is C18H32FNO2. The number of rotatable bonds is 8. The Bertz CT molecular complexity index is 419. The summed E-state index contributed by atoms with van der Waals surface area (Å²) < 4.78 is 25.1. The SMILES string of the molecule is CC.CC(C)(CCN)OCCC(C)(C)Oc1ccccc1F. The first-order valence-corrected chi connectivity index (χ1v) is 8.03. The van der Waals surface area contributed by atoms with Crippen molar-refractivity contribution < 1.29 is 13.9 Å². The van der Waals surface area contributed by atoms with Crippen molar-refractivity contribution in [2.24, 2.45) is 5.73 Å². The first-order valence-electron chi connectivity index (χ1n) is 8.03. The van der Waals surface area contributed by atoms with Crippen molar-refractivity contribution in [1.29, 1.82) is 0 Å². The average molecular weight is 313 g/mol. The second-order valence-electron chi connectivity index (χ2n) is 6.19. The monoisotopic (exact) mass is 313 g/mol. The van der Waals surface area contributed by atoms with Gasteiger partial charge in [-0.1, -0.05) is 26.0 Å². The molecule has 0 aliphatic carbocycles. The number of hydrogen-bond acceptors (Lipinski definition) is 3. The smallest absolute Gasteiger partial charge is 0.165 e. The molecule has 0 saturated heterocycles. The number of nitrogens with two attached hydrogens (primary N) is 1. The Labute approximate surface area is 135 Å². The molecular weight excluding hydrogens is 281 g/mol. The molecule has 0 saturated carbocycles. The van der Waals surface area contributed by atoms with Crippen LogP contribution in [0.5, 0.6) is 5.75 Å². The minimum absolute atomic E-state index is 0.233. The third kappa shape index (κ3) is 8.35. The van der Waals surface area contributed by atoms with Gasteiger partial charge in [-0.3, -0.25) is 0 Å². The van der Waals surface area contributed by atoms with Crippen molar-refractivity contribution in [3.8, 4) is 5.75 Å². The highest BCUT2D eigenvalue weighted by molar-refractivity contribution is 5.24. The molecule has 4 heteroatoms. The molecule has 2 N–H and O–H groups in total. The zero-order chi connectivity index (χ0) is 17.2. The maximum absolute atomic E-state index is 13.6. The molecule has 3 nitrogen and oxygen atoms in total. The van der Waals surface area contributed by atoms with Crippen molar-refractivity contribution in [2.75, 3.05) is 13.2 Å². The van der Waals surface area contributed by atoms with E-state index in [1.807, 2.05) is 41.5 Å².